The average molecular weight is 354 g/mol. The lowest BCUT2D eigenvalue weighted by atomic mass is 10.1. The maximum Gasteiger partial charge on any atom is 0.251 e. The summed E-state index contributed by atoms with van der Waals surface area (Å²) in [4.78, 5) is 24.0. The summed E-state index contributed by atoms with van der Waals surface area (Å²) in [5, 5.41) is 5.37. The van der Waals surface area contributed by atoms with E-state index in [0.717, 1.165) is 22.4 Å². The lowest BCUT2D eigenvalue weighted by Crippen LogP contribution is -2.38. The van der Waals surface area contributed by atoms with Crippen LogP contribution >= 0.6 is 0 Å². The molecule has 2 amide bonds. The number of hydrogen-bond acceptors (Lipinski definition) is 3. The molecule has 0 aliphatic rings. The number of nitrogens with one attached hydrogen (secondary N) is 2. The Labute approximate surface area is 154 Å². The Morgan fingerprint density at radius 1 is 0.885 bits per heavy atom. The van der Waals surface area contributed by atoms with Crippen molar-refractivity contribution >= 4 is 11.8 Å². The lowest BCUT2D eigenvalue weighted by molar-refractivity contribution is -0.120. The number of ether oxygens (including phenoxy) is 1. The molecule has 0 bridgehead atoms. The number of rotatable bonds is 7. The Morgan fingerprint density at radius 2 is 1.58 bits per heavy atom. The summed E-state index contributed by atoms with van der Waals surface area (Å²) < 4.78 is 5.66. The molecule has 26 heavy (non-hydrogen) atoms. The third-order valence-corrected chi connectivity index (χ3v) is 3.91. The first-order valence-electron chi connectivity index (χ1n) is 8.68. The fourth-order valence-corrected chi connectivity index (χ4v) is 2.74. The molecule has 138 valence electrons. The fourth-order valence-electron chi connectivity index (χ4n) is 2.74. The number of carbonyl (C=O) groups excluding carboxylic acids is 2. The molecule has 2 aromatic rings. The van der Waals surface area contributed by atoms with E-state index in [1.807, 2.05) is 45.9 Å². The summed E-state index contributed by atoms with van der Waals surface area (Å²) >= 11 is 0. The van der Waals surface area contributed by atoms with Crippen LogP contribution in [0, 0.1) is 27.7 Å². The normalized spacial score (nSPS) is 10.3. The van der Waals surface area contributed by atoms with Gasteiger partial charge in [-0.2, -0.15) is 0 Å². The van der Waals surface area contributed by atoms with E-state index >= 15 is 0 Å². The van der Waals surface area contributed by atoms with Gasteiger partial charge >= 0.3 is 0 Å². The number of hydrogen-bond donors (Lipinski definition) is 2. The van der Waals surface area contributed by atoms with Gasteiger partial charge in [0.15, 0.2) is 0 Å². The fraction of sp³-hybridized carbons (Fsp3) is 0.333. The van der Waals surface area contributed by atoms with Gasteiger partial charge in [-0.15, -0.1) is 0 Å². The number of amides is 2. The van der Waals surface area contributed by atoms with Gasteiger partial charge in [0.25, 0.3) is 5.91 Å². The molecule has 0 unspecified atom stereocenters. The van der Waals surface area contributed by atoms with Crippen molar-refractivity contribution in [2.75, 3.05) is 19.7 Å². The average Bonchev–Trinajstić information content (AvgIpc) is 2.57. The van der Waals surface area contributed by atoms with Crippen LogP contribution in [0.25, 0.3) is 0 Å². The molecule has 0 atom stereocenters. The first kappa shape index (κ1) is 19.5. The highest BCUT2D eigenvalue weighted by Gasteiger charge is 2.09. The van der Waals surface area contributed by atoms with Crippen LogP contribution in [0.5, 0.6) is 5.75 Å². The van der Waals surface area contributed by atoms with Crippen molar-refractivity contribution in [1.82, 2.24) is 10.6 Å². The second-order valence-electron chi connectivity index (χ2n) is 6.53. The number of benzene rings is 2. The standard InChI is InChI=1S/C21H26N2O3/c1-14-5-6-19(17(4)10-14)26-8-7-22-20(24)13-23-21(25)18-11-15(2)9-16(3)12-18/h5-6,9-12H,7-8,13H2,1-4H3,(H,22,24)(H,23,25). The molecular formula is C21H26N2O3. The number of carbonyl (C=O) groups is 2. The Morgan fingerprint density at radius 3 is 2.23 bits per heavy atom. The Bertz CT molecular complexity index is 780. The van der Waals surface area contributed by atoms with E-state index in [-0.39, 0.29) is 18.4 Å². The van der Waals surface area contributed by atoms with Crippen molar-refractivity contribution in [3.05, 3.63) is 64.2 Å². The van der Waals surface area contributed by atoms with Gasteiger partial charge in [-0.3, -0.25) is 9.59 Å². The molecule has 0 fully saturated rings. The highest BCUT2D eigenvalue weighted by molar-refractivity contribution is 5.96. The molecule has 2 N–H and O–H groups in total. The molecule has 0 aromatic heterocycles. The topological polar surface area (TPSA) is 67.4 Å². The van der Waals surface area contributed by atoms with Gasteiger partial charge in [-0.1, -0.05) is 34.9 Å². The molecule has 0 aliphatic carbocycles. The second kappa shape index (κ2) is 9.04. The summed E-state index contributed by atoms with van der Waals surface area (Å²) in [6, 6.07) is 11.6. The summed E-state index contributed by atoms with van der Waals surface area (Å²) in [7, 11) is 0. The van der Waals surface area contributed by atoms with Crippen LogP contribution in [-0.2, 0) is 4.79 Å². The lowest BCUT2D eigenvalue weighted by Gasteiger charge is -2.11. The summed E-state index contributed by atoms with van der Waals surface area (Å²) in [5.41, 5.74) is 4.85. The van der Waals surface area contributed by atoms with E-state index in [9.17, 15) is 9.59 Å². The zero-order chi connectivity index (χ0) is 19.1. The van der Waals surface area contributed by atoms with Crippen molar-refractivity contribution in [3.8, 4) is 5.75 Å². The highest BCUT2D eigenvalue weighted by atomic mass is 16.5. The third kappa shape index (κ3) is 5.92. The molecule has 2 rings (SSSR count). The zero-order valence-corrected chi connectivity index (χ0v) is 15.8. The Kier molecular flexibility index (Phi) is 6.78. The minimum Gasteiger partial charge on any atom is -0.491 e. The monoisotopic (exact) mass is 354 g/mol. The minimum atomic E-state index is -0.251. The first-order valence-corrected chi connectivity index (χ1v) is 8.68. The summed E-state index contributed by atoms with van der Waals surface area (Å²) in [6.07, 6.45) is 0. The van der Waals surface area contributed by atoms with Crippen molar-refractivity contribution in [3.63, 3.8) is 0 Å². The van der Waals surface area contributed by atoms with Crippen LogP contribution in [0.4, 0.5) is 0 Å². The van der Waals surface area contributed by atoms with Crippen LogP contribution in [0.2, 0.25) is 0 Å². The molecule has 0 saturated heterocycles. The van der Waals surface area contributed by atoms with E-state index < -0.39 is 0 Å². The van der Waals surface area contributed by atoms with E-state index in [1.54, 1.807) is 12.1 Å². The Balaban J connectivity index is 1.71. The molecule has 0 aliphatic heterocycles. The van der Waals surface area contributed by atoms with Gasteiger partial charge in [-0.05, 0) is 51.5 Å². The Hall–Kier alpha value is -2.82. The quantitative estimate of drug-likeness (QED) is 0.752. The molecule has 5 nitrogen and oxygen atoms in total. The van der Waals surface area contributed by atoms with Gasteiger partial charge in [0.1, 0.15) is 12.4 Å². The zero-order valence-electron chi connectivity index (χ0n) is 15.8. The number of aryl methyl sites for hydroxylation is 4. The molecule has 0 spiro atoms. The van der Waals surface area contributed by atoms with E-state index in [2.05, 4.69) is 16.7 Å². The van der Waals surface area contributed by atoms with Crippen LogP contribution in [0.1, 0.15) is 32.6 Å². The van der Waals surface area contributed by atoms with Gasteiger partial charge in [-0.25, -0.2) is 0 Å². The van der Waals surface area contributed by atoms with Crippen LogP contribution in [-0.4, -0.2) is 31.5 Å². The maximum atomic E-state index is 12.1. The predicted octanol–water partition coefficient (Wildman–Crippen LogP) is 2.85. The van der Waals surface area contributed by atoms with Crippen LogP contribution < -0.4 is 15.4 Å². The van der Waals surface area contributed by atoms with Gasteiger partial charge in [0.05, 0.1) is 13.1 Å². The van der Waals surface area contributed by atoms with Crippen molar-refractivity contribution in [2.45, 2.75) is 27.7 Å². The minimum absolute atomic E-state index is 0.0601. The van der Waals surface area contributed by atoms with Crippen molar-refractivity contribution in [2.24, 2.45) is 0 Å². The van der Waals surface area contributed by atoms with Gasteiger partial charge in [0, 0.05) is 5.56 Å². The molecule has 5 heteroatoms. The molecule has 2 aromatic carbocycles. The smallest absolute Gasteiger partial charge is 0.251 e. The summed E-state index contributed by atoms with van der Waals surface area (Å²) in [5.74, 6) is 0.318. The van der Waals surface area contributed by atoms with Crippen LogP contribution in [0.3, 0.4) is 0 Å². The van der Waals surface area contributed by atoms with E-state index in [4.69, 9.17) is 4.74 Å². The summed E-state index contributed by atoms with van der Waals surface area (Å²) in [6.45, 7) is 8.59. The van der Waals surface area contributed by atoms with Crippen LogP contribution in [0.15, 0.2) is 36.4 Å². The molecule has 0 heterocycles. The predicted molar refractivity (Wildman–Crippen MR) is 103 cm³/mol. The maximum absolute atomic E-state index is 12.1. The van der Waals surface area contributed by atoms with E-state index in [0.29, 0.717) is 18.7 Å². The van der Waals surface area contributed by atoms with Crippen molar-refractivity contribution < 1.29 is 14.3 Å². The van der Waals surface area contributed by atoms with Crippen molar-refractivity contribution in [1.29, 1.82) is 0 Å². The second-order valence-corrected chi connectivity index (χ2v) is 6.53. The third-order valence-electron chi connectivity index (χ3n) is 3.91. The highest BCUT2D eigenvalue weighted by Crippen LogP contribution is 2.18. The van der Waals surface area contributed by atoms with E-state index in [1.165, 1.54) is 5.56 Å². The molecular weight excluding hydrogens is 328 g/mol. The largest absolute Gasteiger partial charge is 0.491 e. The molecule has 0 saturated carbocycles. The first-order chi connectivity index (χ1) is 12.3. The van der Waals surface area contributed by atoms with Gasteiger partial charge < -0.3 is 15.4 Å². The molecule has 0 radical (unpaired) electrons. The SMILES string of the molecule is Cc1cc(C)cc(C(=O)NCC(=O)NCCOc2ccc(C)cc2C)c1. The van der Waals surface area contributed by atoms with Gasteiger partial charge in [0.2, 0.25) is 5.91 Å².